The Hall–Kier alpha value is -2.30. The van der Waals surface area contributed by atoms with Crippen LogP contribution in [0.3, 0.4) is 0 Å². The van der Waals surface area contributed by atoms with Crippen molar-refractivity contribution in [2.45, 2.75) is 6.92 Å². The molecule has 0 aliphatic heterocycles. The molecule has 2 aromatic carbocycles. The van der Waals surface area contributed by atoms with E-state index in [4.69, 9.17) is 0 Å². The Balaban J connectivity index is 2.27. The number of hydrogen-bond acceptors (Lipinski definition) is 2. The van der Waals surface area contributed by atoms with Gasteiger partial charge in [0.2, 0.25) is 5.82 Å². The van der Waals surface area contributed by atoms with Gasteiger partial charge in [0.05, 0.1) is 0 Å². The number of benzene rings is 2. The SMILES string of the molecule is Cc1ccc2c(c1F)-c1c-2cc(OC=O)c(F)c1F. The molecule has 5 heteroatoms. The summed E-state index contributed by atoms with van der Waals surface area (Å²) in [5, 5.41) is 0. The molecule has 3 rings (SSSR count). The molecule has 0 spiro atoms. The van der Waals surface area contributed by atoms with Crippen LogP contribution >= 0.6 is 0 Å². The van der Waals surface area contributed by atoms with Crippen molar-refractivity contribution in [1.82, 2.24) is 0 Å². The summed E-state index contributed by atoms with van der Waals surface area (Å²) in [5.41, 5.74) is 1.14. The van der Waals surface area contributed by atoms with Crippen molar-refractivity contribution >= 4 is 6.47 Å². The Kier molecular flexibility index (Phi) is 2.38. The van der Waals surface area contributed by atoms with Gasteiger partial charge in [-0.1, -0.05) is 12.1 Å². The first-order chi connectivity index (χ1) is 9.06. The zero-order valence-electron chi connectivity index (χ0n) is 9.76. The second-order valence-corrected chi connectivity index (χ2v) is 4.26. The number of fused-ring (bicyclic) bond motifs is 4. The van der Waals surface area contributed by atoms with Gasteiger partial charge in [-0.15, -0.1) is 0 Å². The molecule has 0 amide bonds. The lowest BCUT2D eigenvalue weighted by Gasteiger charge is -2.26. The van der Waals surface area contributed by atoms with Crippen molar-refractivity contribution < 1.29 is 22.7 Å². The van der Waals surface area contributed by atoms with Crippen LogP contribution in [0, 0.1) is 24.4 Å². The minimum absolute atomic E-state index is 0.0134. The van der Waals surface area contributed by atoms with Gasteiger partial charge < -0.3 is 4.74 Å². The van der Waals surface area contributed by atoms with Gasteiger partial charge in [-0.2, -0.15) is 4.39 Å². The Morgan fingerprint density at radius 1 is 1.00 bits per heavy atom. The fourth-order valence-electron chi connectivity index (χ4n) is 2.28. The maximum absolute atomic E-state index is 13.9. The molecule has 1 aliphatic carbocycles. The summed E-state index contributed by atoms with van der Waals surface area (Å²) >= 11 is 0. The number of carbonyl (C=O) groups is 1. The molecule has 2 nitrogen and oxygen atoms in total. The van der Waals surface area contributed by atoms with Crippen LogP contribution in [0.4, 0.5) is 13.2 Å². The van der Waals surface area contributed by atoms with Crippen LogP contribution in [-0.2, 0) is 4.79 Å². The fraction of sp³-hybridized carbons (Fsp3) is 0.0714. The largest absolute Gasteiger partial charge is 0.425 e. The fourth-order valence-corrected chi connectivity index (χ4v) is 2.28. The molecular weight excluding hydrogens is 257 g/mol. The topological polar surface area (TPSA) is 26.3 Å². The maximum atomic E-state index is 13.9. The summed E-state index contributed by atoms with van der Waals surface area (Å²) in [6.45, 7) is 1.56. The molecule has 0 fully saturated rings. The van der Waals surface area contributed by atoms with Crippen molar-refractivity contribution in [3.05, 3.63) is 41.2 Å². The predicted octanol–water partition coefficient (Wildman–Crippen LogP) is 3.59. The first kappa shape index (κ1) is 11.8. The number of hydrogen-bond donors (Lipinski definition) is 0. The molecule has 19 heavy (non-hydrogen) atoms. The lowest BCUT2D eigenvalue weighted by molar-refractivity contribution is -0.120. The van der Waals surface area contributed by atoms with E-state index in [0.717, 1.165) is 0 Å². The quantitative estimate of drug-likeness (QED) is 0.661. The van der Waals surface area contributed by atoms with E-state index in [0.29, 0.717) is 16.7 Å². The Bertz CT molecular complexity index is 723. The molecule has 2 aromatic rings. The van der Waals surface area contributed by atoms with Crippen molar-refractivity contribution in [1.29, 1.82) is 0 Å². The van der Waals surface area contributed by atoms with Crippen LogP contribution in [0.15, 0.2) is 18.2 Å². The molecule has 0 N–H and O–H groups in total. The summed E-state index contributed by atoms with van der Waals surface area (Å²) in [6, 6.07) is 4.37. The zero-order chi connectivity index (χ0) is 13.7. The summed E-state index contributed by atoms with van der Waals surface area (Å²) < 4.78 is 45.8. The molecule has 96 valence electrons. The molecule has 0 heterocycles. The van der Waals surface area contributed by atoms with E-state index < -0.39 is 23.2 Å². The van der Waals surface area contributed by atoms with Gasteiger partial charge in [0, 0.05) is 11.1 Å². The van der Waals surface area contributed by atoms with Gasteiger partial charge in [-0.05, 0) is 29.7 Å². The highest BCUT2D eigenvalue weighted by molar-refractivity contribution is 6.03. The minimum atomic E-state index is -1.29. The lowest BCUT2D eigenvalue weighted by Crippen LogP contribution is -2.09. The summed E-state index contributed by atoms with van der Waals surface area (Å²) in [7, 11) is 0. The van der Waals surface area contributed by atoms with Crippen molar-refractivity contribution in [2.24, 2.45) is 0 Å². The third-order valence-electron chi connectivity index (χ3n) is 3.22. The van der Waals surface area contributed by atoms with Crippen molar-refractivity contribution in [3.63, 3.8) is 0 Å². The van der Waals surface area contributed by atoms with E-state index in [9.17, 15) is 18.0 Å². The summed E-state index contributed by atoms with van der Waals surface area (Å²) in [5.74, 6) is -3.56. The van der Waals surface area contributed by atoms with E-state index in [1.54, 1.807) is 19.1 Å². The summed E-state index contributed by atoms with van der Waals surface area (Å²) in [4.78, 5) is 10.2. The zero-order valence-corrected chi connectivity index (χ0v) is 9.76. The summed E-state index contributed by atoms with van der Waals surface area (Å²) in [6.07, 6.45) is 0. The van der Waals surface area contributed by atoms with E-state index in [-0.39, 0.29) is 17.6 Å². The number of ether oxygens (including phenoxy) is 1. The smallest absolute Gasteiger partial charge is 0.298 e. The Labute approximate surface area is 106 Å². The van der Waals surface area contributed by atoms with Gasteiger partial charge in [0.15, 0.2) is 11.6 Å². The predicted molar refractivity (Wildman–Crippen MR) is 62.2 cm³/mol. The second-order valence-electron chi connectivity index (χ2n) is 4.26. The number of carbonyl (C=O) groups excluding carboxylic acids is 1. The normalized spacial score (nSPS) is 11.4. The average molecular weight is 264 g/mol. The van der Waals surface area contributed by atoms with Crippen LogP contribution < -0.4 is 4.74 Å². The van der Waals surface area contributed by atoms with Gasteiger partial charge in [0.1, 0.15) is 5.82 Å². The average Bonchev–Trinajstić information content (AvgIpc) is 2.37. The molecule has 1 aliphatic rings. The number of halogens is 3. The van der Waals surface area contributed by atoms with Crippen LogP contribution in [0.1, 0.15) is 5.56 Å². The van der Waals surface area contributed by atoms with E-state index in [1.165, 1.54) is 6.07 Å². The molecule has 0 bridgehead atoms. The highest BCUT2D eigenvalue weighted by Crippen LogP contribution is 2.52. The molecule has 0 unspecified atom stereocenters. The molecule has 0 saturated carbocycles. The third-order valence-corrected chi connectivity index (χ3v) is 3.22. The molecule has 0 saturated heterocycles. The van der Waals surface area contributed by atoms with Crippen LogP contribution in [0.2, 0.25) is 0 Å². The standard InChI is InChI=1S/C14H7F3O2/c1-6-2-3-7-8-4-9(19-5-18)13(16)14(17)11(8)10(7)12(6)15/h2-5H,1H3. The van der Waals surface area contributed by atoms with E-state index >= 15 is 0 Å². The highest BCUT2D eigenvalue weighted by atomic mass is 19.2. The molecule has 0 radical (unpaired) electrons. The van der Waals surface area contributed by atoms with Crippen LogP contribution in [0.25, 0.3) is 22.3 Å². The minimum Gasteiger partial charge on any atom is -0.425 e. The molecule has 0 aromatic heterocycles. The van der Waals surface area contributed by atoms with E-state index in [2.05, 4.69) is 4.74 Å². The first-order valence-electron chi connectivity index (χ1n) is 5.48. The van der Waals surface area contributed by atoms with E-state index in [1.807, 2.05) is 0 Å². The van der Waals surface area contributed by atoms with Crippen molar-refractivity contribution in [2.75, 3.05) is 0 Å². The van der Waals surface area contributed by atoms with Crippen molar-refractivity contribution in [3.8, 4) is 28.0 Å². The second kappa shape index (κ2) is 3.85. The van der Waals surface area contributed by atoms with Crippen LogP contribution in [0.5, 0.6) is 5.75 Å². The Morgan fingerprint density at radius 2 is 1.68 bits per heavy atom. The maximum Gasteiger partial charge on any atom is 0.298 e. The first-order valence-corrected chi connectivity index (χ1v) is 5.48. The highest BCUT2D eigenvalue weighted by Gasteiger charge is 2.33. The van der Waals surface area contributed by atoms with Crippen LogP contribution in [-0.4, -0.2) is 6.47 Å². The van der Waals surface area contributed by atoms with Gasteiger partial charge in [-0.25, -0.2) is 8.78 Å². The number of aryl methyl sites for hydroxylation is 1. The molecular formula is C14H7F3O2. The third kappa shape index (κ3) is 1.41. The lowest BCUT2D eigenvalue weighted by atomic mass is 9.78. The van der Waals surface area contributed by atoms with Gasteiger partial charge >= 0.3 is 0 Å². The molecule has 0 atom stereocenters. The van der Waals surface area contributed by atoms with Gasteiger partial charge in [0.25, 0.3) is 6.47 Å². The number of rotatable bonds is 2. The monoisotopic (exact) mass is 264 g/mol. The van der Waals surface area contributed by atoms with Gasteiger partial charge in [-0.3, -0.25) is 4.79 Å². The Morgan fingerprint density at radius 3 is 2.37 bits per heavy atom.